The van der Waals surface area contributed by atoms with Crippen molar-refractivity contribution in [1.29, 1.82) is 0 Å². The van der Waals surface area contributed by atoms with E-state index in [1.54, 1.807) is 18.1 Å². The van der Waals surface area contributed by atoms with Crippen LogP contribution in [-0.2, 0) is 0 Å². The van der Waals surface area contributed by atoms with Gasteiger partial charge in [0.2, 0.25) is 0 Å². The van der Waals surface area contributed by atoms with E-state index in [1.165, 1.54) is 12.3 Å². The maximum atomic E-state index is 12.4. The number of hydrogen-bond acceptors (Lipinski definition) is 3. The van der Waals surface area contributed by atoms with Gasteiger partial charge in [-0.15, -0.1) is 0 Å². The maximum absolute atomic E-state index is 12.4. The highest BCUT2D eigenvalue weighted by molar-refractivity contribution is 5.93. The predicted molar refractivity (Wildman–Crippen MR) is 78.9 cm³/mol. The Morgan fingerprint density at radius 3 is 2.70 bits per heavy atom. The first-order valence-corrected chi connectivity index (χ1v) is 7.31. The van der Waals surface area contributed by atoms with Gasteiger partial charge in [-0.3, -0.25) is 9.59 Å². The molecule has 0 bridgehead atoms. The molecule has 1 saturated carbocycles. The molecule has 1 aliphatic carbocycles. The lowest BCUT2D eigenvalue weighted by molar-refractivity contribution is 0.0683. The summed E-state index contributed by atoms with van der Waals surface area (Å²) in [5, 5.41) is 3.46. The SMILES string of the molecule is CCNC1CCC(N(C)C(=O)c2c[nH]ccc2=O)CC1. The molecule has 5 nitrogen and oxygen atoms in total. The second-order valence-corrected chi connectivity index (χ2v) is 5.40. The van der Waals surface area contributed by atoms with Crippen LogP contribution in [0.3, 0.4) is 0 Å². The van der Waals surface area contributed by atoms with Crippen LogP contribution >= 0.6 is 0 Å². The molecule has 0 unspecified atom stereocenters. The van der Waals surface area contributed by atoms with Crippen molar-refractivity contribution in [3.8, 4) is 0 Å². The largest absolute Gasteiger partial charge is 0.367 e. The van der Waals surface area contributed by atoms with Gasteiger partial charge in [0.05, 0.1) is 0 Å². The Morgan fingerprint density at radius 2 is 2.10 bits per heavy atom. The minimum absolute atomic E-state index is 0.182. The number of rotatable bonds is 4. The van der Waals surface area contributed by atoms with Gasteiger partial charge in [0.1, 0.15) is 5.56 Å². The number of nitrogens with one attached hydrogen (secondary N) is 2. The summed E-state index contributed by atoms with van der Waals surface area (Å²) in [6.45, 7) is 3.10. The Labute approximate surface area is 119 Å². The van der Waals surface area contributed by atoms with Gasteiger partial charge < -0.3 is 15.2 Å². The molecule has 0 atom stereocenters. The summed E-state index contributed by atoms with van der Waals surface area (Å²) >= 11 is 0. The molecular formula is C15H23N3O2. The Morgan fingerprint density at radius 1 is 1.40 bits per heavy atom. The summed E-state index contributed by atoms with van der Waals surface area (Å²) in [5.41, 5.74) is 0.00532. The van der Waals surface area contributed by atoms with Gasteiger partial charge in [0.15, 0.2) is 5.43 Å². The molecule has 1 aliphatic rings. The van der Waals surface area contributed by atoms with Gasteiger partial charge in [-0.05, 0) is 32.2 Å². The van der Waals surface area contributed by atoms with E-state index in [9.17, 15) is 9.59 Å². The highest BCUT2D eigenvalue weighted by atomic mass is 16.2. The van der Waals surface area contributed by atoms with E-state index in [-0.39, 0.29) is 22.9 Å². The number of hydrogen-bond donors (Lipinski definition) is 2. The first-order valence-electron chi connectivity index (χ1n) is 7.31. The third kappa shape index (κ3) is 3.28. The molecule has 1 fully saturated rings. The van der Waals surface area contributed by atoms with Crippen LogP contribution in [0.4, 0.5) is 0 Å². The topological polar surface area (TPSA) is 65.2 Å². The highest BCUT2D eigenvalue weighted by Crippen LogP contribution is 2.23. The lowest BCUT2D eigenvalue weighted by Crippen LogP contribution is -2.44. The molecule has 2 rings (SSSR count). The summed E-state index contributed by atoms with van der Waals surface area (Å²) in [6, 6.07) is 2.19. The molecule has 1 aromatic rings. The van der Waals surface area contributed by atoms with Crippen LogP contribution in [0.1, 0.15) is 43.0 Å². The van der Waals surface area contributed by atoms with Gasteiger partial charge in [0, 0.05) is 37.6 Å². The Hall–Kier alpha value is -1.62. The van der Waals surface area contributed by atoms with Crippen molar-refractivity contribution < 1.29 is 4.79 Å². The molecular weight excluding hydrogens is 254 g/mol. The average Bonchev–Trinajstić information content (AvgIpc) is 2.47. The summed E-state index contributed by atoms with van der Waals surface area (Å²) in [6.07, 6.45) is 7.18. The standard InChI is InChI=1S/C15H23N3O2/c1-3-17-11-4-6-12(7-5-11)18(2)15(20)13-10-16-9-8-14(13)19/h8-12,17H,3-7H2,1-2H3,(H,16,19). The van der Waals surface area contributed by atoms with Crippen LogP contribution < -0.4 is 10.7 Å². The van der Waals surface area contributed by atoms with E-state index in [2.05, 4.69) is 17.2 Å². The van der Waals surface area contributed by atoms with Crippen LogP contribution in [0.15, 0.2) is 23.3 Å². The molecule has 0 radical (unpaired) electrons. The van der Waals surface area contributed by atoms with Crippen molar-refractivity contribution >= 4 is 5.91 Å². The van der Waals surface area contributed by atoms with Crippen molar-refractivity contribution in [3.05, 3.63) is 34.2 Å². The summed E-state index contributed by atoms with van der Waals surface area (Å²) < 4.78 is 0. The second kappa shape index (κ2) is 6.70. The smallest absolute Gasteiger partial charge is 0.259 e. The first kappa shape index (κ1) is 14.8. The molecule has 0 aromatic carbocycles. The molecule has 1 amide bonds. The van der Waals surface area contributed by atoms with E-state index >= 15 is 0 Å². The number of H-pyrrole nitrogens is 1. The van der Waals surface area contributed by atoms with E-state index in [0.717, 1.165) is 32.2 Å². The highest BCUT2D eigenvalue weighted by Gasteiger charge is 2.27. The number of pyridine rings is 1. The van der Waals surface area contributed by atoms with Gasteiger partial charge in [-0.1, -0.05) is 6.92 Å². The van der Waals surface area contributed by atoms with Gasteiger partial charge in [-0.25, -0.2) is 0 Å². The van der Waals surface area contributed by atoms with Crippen molar-refractivity contribution in [3.63, 3.8) is 0 Å². The summed E-state index contributed by atoms with van der Waals surface area (Å²) in [5.74, 6) is -0.182. The summed E-state index contributed by atoms with van der Waals surface area (Å²) in [7, 11) is 1.80. The van der Waals surface area contributed by atoms with Crippen molar-refractivity contribution in [1.82, 2.24) is 15.2 Å². The van der Waals surface area contributed by atoms with Crippen molar-refractivity contribution in [2.75, 3.05) is 13.6 Å². The molecule has 110 valence electrons. The third-order valence-electron chi connectivity index (χ3n) is 4.11. The molecule has 0 aliphatic heterocycles. The minimum Gasteiger partial charge on any atom is -0.367 e. The second-order valence-electron chi connectivity index (χ2n) is 5.40. The van der Waals surface area contributed by atoms with Gasteiger partial charge >= 0.3 is 0 Å². The lowest BCUT2D eigenvalue weighted by atomic mass is 9.90. The van der Waals surface area contributed by atoms with Crippen LogP contribution in [0.5, 0.6) is 0 Å². The molecule has 0 saturated heterocycles. The van der Waals surface area contributed by atoms with Crippen LogP contribution in [-0.4, -0.2) is 41.5 Å². The van der Waals surface area contributed by atoms with Gasteiger partial charge in [-0.2, -0.15) is 0 Å². The predicted octanol–water partition coefficient (Wildman–Crippen LogP) is 1.37. The maximum Gasteiger partial charge on any atom is 0.259 e. The van der Waals surface area contributed by atoms with Crippen LogP contribution in [0.25, 0.3) is 0 Å². The number of amides is 1. The quantitative estimate of drug-likeness (QED) is 0.873. The normalized spacial score (nSPS) is 22.5. The molecule has 5 heteroatoms. The summed E-state index contributed by atoms with van der Waals surface area (Å²) in [4.78, 5) is 28.6. The van der Waals surface area contributed by atoms with E-state index < -0.39 is 0 Å². The first-order chi connectivity index (χ1) is 9.63. The fourth-order valence-electron chi connectivity index (χ4n) is 2.90. The minimum atomic E-state index is -0.220. The fraction of sp³-hybridized carbons (Fsp3) is 0.600. The Kier molecular flexibility index (Phi) is 4.95. The lowest BCUT2D eigenvalue weighted by Gasteiger charge is -2.34. The number of aromatic nitrogens is 1. The zero-order valence-corrected chi connectivity index (χ0v) is 12.2. The number of aromatic amines is 1. The molecule has 1 aromatic heterocycles. The number of carbonyl (C=O) groups is 1. The monoisotopic (exact) mass is 277 g/mol. The molecule has 0 spiro atoms. The van der Waals surface area contributed by atoms with Crippen molar-refractivity contribution in [2.24, 2.45) is 0 Å². The zero-order chi connectivity index (χ0) is 14.5. The Balaban J connectivity index is 1.99. The molecule has 1 heterocycles. The zero-order valence-electron chi connectivity index (χ0n) is 12.2. The van der Waals surface area contributed by atoms with E-state index in [1.807, 2.05) is 0 Å². The fourth-order valence-corrected chi connectivity index (χ4v) is 2.90. The third-order valence-corrected chi connectivity index (χ3v) is 4.11. The Bertz CT molecular complexity index is 504. The van der Waals surface area contributed by atoms with E-state index in [0.29, 0.717) is 6.04 Å². The average molecular weight is 277 g/mol. The van der Waals surface area contributed by atoms with Crippen LogP contribution in [0, 0.1) is 0 Å². The van der Waals surface area contributed by atoms with Crippen molar-refractivity contribution in [2.45, 2.75) is 44.7 Å². The number of nitrogens with zero attached hydrogens (tertiary/aromatic N) is 1. The van der Waals surface area contributed by atoms with Gasteiger partial charge in [0.25, 0.3) is 5.91 Å². The van der Waals surface area contributed by atoms with E-state index in [4.69, 9.17) is 0 Å². The molecule has 2 N–H and O–H groups in total. The van der Waals surface area contributed by atoms with Crippen LogP contribution in [0.2, 0.25) is 0 Å². The number of carbonyl (C=O) groups excluding carboxylic acids is 1. The molecule has 20 heavy (non-hydrogen) atoms.